The molecule has 0 aliphatic carbocycles. The van der Waals surface area contributed by atoms with Crippen LogP contribution in [0.4, 0.5) is 10.6 Å². The first-order valence-corrected chi connectivity index (χ1v) is 5.55. The third kappa shape index (κ3) is 4.00. The molecule has 1 rings (SSSR count). The van der Waals surface area contributed by atoms with Crippen molar-refractivity contribution >= 4 is 51.8 Å². The number of thiocarbonyl (C=S) groups is 1. The van der Waals surface area contributed by atoms with Gasteiger partial charge in [-0.3, -0.25) is 10.4 Å². The van der Waals surface area contributed by atoms with Crippen LogP contribution in [0.15, 0.2) is 6.20 Å². The lowest BCUT2D eigenvalue weighted by Gasteiger charge is -2.07. The number of nitrogens with one attached hydrogen (secondary N) is 3. The number of H-pyrrole nitrogens is 1. The maximum absolute atomic E-state index is 11.0. The number of anilines is 1. The standard InChI is InChI=1S/C7H9IN4O2S/c1-2-14-7(13)11-6(15)10-5-4(8)3-9-12-5/h3H,2H2,1H3,(H3,9,10,11,12,13,15). The number of hydrogen-bond donors (Lipinski definition) is 3. The number of rotatable bonds is 2. The zero-order valence-electron chi connectivity index (χ0n) is 7.83. The van der Waals surface area contributed by atoms with E-state index >= 15 is 0 Å². The van der Waals surface area contributed by atoms with Gasteiger partial charge in [0.15, 0.2) is 5.11 Å². The predicted molar refractivity (Wildman–Crippen MR) is 67.7 cm³/mol. The molecule has 1 aromatic heterocycles. The van der Waals surface area contributed by atoms with Gasteiger partial charge in [0.25, 0.3) is 0 Å². The molecule has 8 heteroatoms. The number of halogens is 1. The summed E-state index contributed by atoms with van der Waals surface area (Å²) in [4.78, 5) is 11.0. The zero-order chi connectivity index (χ0) is 11.3. The largest absolute Gasteiger partial charge is 0.450 e. The highest BCUT2D eigenvalue weighted by Crippen LogP contribution is 2.12. The van der Waals surface area contributed by atoms with Crippen LogP contribution in [0, 0.1) is 3.57 Å². The predicted octanol–water partition coefficient (Wildman–Crippen LogP) is 1.46. The SMILES string of the molecule is CCOC(=O)NC(=S)Nc1[nH]ncc1I. The highest BCUT2D eigenvalue weighted by Gasteiger charge is 2.07. The van der Waals surface area contributed by atoms with Gasteiger partial charge in [-0.05, 0) is 41.7 Å². The van der Waals surface area contributed by atoms with Gasteiger partial charge in [-0.25, -0.2) is 4.79 Å². The summed E-state index contributed by atoms with van der Waals surface area (Å²) in [5.41, 5.74) is 0. The first kappa shape index (κ1) is 12.2. The van der Waals surface area contributed by atoms with E-state index in [0.717, 1.165) is 3.57 Å². The number of carbonyl (C=O) groups excluding carboxylic acids is 1. The fourth-order valence-corrected chi connectivity index (χ4v) is 1.34. The molecule has 0 bridgehead atoms. The van der Waals surface area contributed by atoms with Crippen LogP contribution in [-0.2, 0) is 4.74 Å². The van der Waals surface area contributed by atoms with Gasteiger partial charge in [-0.1, -0.05) is 0 Å². The smallest absolute Gasteiger partial charge is 0.413 e. The van der Waals surface area contributed by atoms with Crippen molar-refractivity contribution in [1.82, 2.24) is 15.5 Å². The number of alkyl carbamates (subject to hydrolysis) is 1. The fraction of sp³-hybridized carbons (Fsp3) is 0.286. The fourth-order valence-electron chi connectivity index (χ4n) is 0.764. The van der Waals surface area contributed by atoms with Gasteiger partial charge in [0.2, 0.25) is 0 Å². The van der Waals surface area contributed by atoms with Crippen molar-refractivity contribution in [2.75, 3.05) is 11.9 Å². The topological polar surface area (TPSA) is 79.0 Å². The molecule has 3 N–H and O–H groups in total. The minimum absolute atomic E-state index is 0.163. The summed E-state index contributed by atoms with van der Waals surface area (Å²) in [5, 5.41) is 11.8. The molecule has 0 atom stereocenters. The van der Waals surface area contributed by atoms with Crippen LogP contribution in [0.3, 0.4) is 0 Å². The molecule has 0 aliphatic rings. The molecule has 0 aliphatic heterocycles. The Morgan fingerprint density at radius 1 is 1.80 bits per heavy atom. The normalized spacial score (nSPS) is 9.47. The van der Waals surface area contributed by atoms with Crippen molar-refractivity contribution in [1.29, 1.82) is 0 Å². The van der Waals surface area contributed by atoms with Gasteiger partial charge >= 0.3 is 6.09 Å². The maximum Gasteiger partial charge on any atom is 0.413 e. The average Bonchev–Trinajstić information content (AvgIpc) is 2.52. The Bertz CT molecular complexity index is 368. The van der Waals surface area contributed by atoms with Crippen molar-refractivity contribution in [2.24, 2.45) is 0 Å². The molecule has 0 fully saturated rings. The number of amides is 1. The molecular formula is C7H9IN4O2S. The summed E-state index contributed by atoms with van der Waals surface area (Å²) < 4.78 is 5.53. The summed E-state index contributed by atoms with van der Waals surface area (Å²) >= 11 is 6.96. The van der Waals surface area contributed by atoms with Crippen molar-refractivity contribution < 1.29 is 9.53 Å². The number of nitrogens with zero attached hydrogens (tertiary/aromatic N) is 1. The Morgan fingerprint density at radius 3 is 3.07 bits per heavy atom. The summed E-state index contributed by atoms with van der Waals surface area (Å²) in [6, 6.07) is 0. The Labute approximate surface area is 105 Å². The quantitative estimate of drug-likeness (QED) is 0.561. The van der Waals surface area contributed by atoms with Gasteiger partial charge < -0.3 is 10.1 Å². The number of aromatic amines is 1. The minimum Gasteiger partial charge on any atom is -0.450 e. The molecule has 0 saturated heterocycles. The van der Waals surface area contributed by atoms with E-state index in [4.69, 9.17) is 12.2 Å². The van der Waals surface area contributed by atoms with Gasteiger partial charge in [0, 0.05) is 0 Å². The maximum atomic E-state index is 11.0. The second-order valence-electron chi connectivity index (χ2n) is 2.39. The van der Waals surface area contributed by atoms with E-state index in [-0.39, 0.29) is 5.11 Å². The Kier molecular flexibility index (Phi) is 4.75. The Morgan fingerprint density at radius 2 is 2.53 bits per heavy atom. The highest BCUT2D eigenvalue weighted by molar-refractivity contribution is 14.1. The monoisotopic (exact) mass is 340 g/mol. The van der Waals surface area contributed by atoms with Gasteiger partial charge in [0.1, 0.15) is 5.82 Å². The molecular weight excluding hydrogens is 331 g/mol. The lowest BCUT2D eigenvalue weighted by Crippen LogP contribution is -2.34. The first-order valence-electron chi connectivity index (χ1n) is 4.07. The van der Waals surface area contributed by atoms with E-state index in [9.17, 15) is 4.79 Å². The van der Waals surface area contributed by atoms with Gasteiger partial charge in [0.05, 0.1) is 16.4 Å². The van der Waals surface area contributed by atoms with Crippen molar-refractivity contribution in [3.63, 3.8) is 0 Å². The number of hydrogen-bond acceptors (Lipinski definition) is 4. The van der Waals surface area contributed by atoms with Gasteiger partial charge in [-0.15, -0.1) is 0 Å². The Hall–Kier alpha value is -0.900. The summed E-state index contributed by atoms with van der Waals surface area (Å²) in [6.45, 7) is 2.02. The summed E-state index contributed by atoms with van der Waals surface area (Å²) in [7, 11) is 0. The van der Waals surface area contributed by atoms with E-state index < -0.39 is 6.09 Å². The number of carbonyl (C=O) groups is 1. The molecule has 15 heavy (non-hydrogen) atoms. The minimum atomic E-state index is -0.579. The molecule has 1 aromatic rings. The van der Waals surface area contributed by atoms with Gasteiger partial charge in [-0.2, -0.15) is 5.10 Å². The summed E-state index contributed by atoms with van der Waals surface area (Å²) in [6.07, 6.45) is 1.06. The molecule has 0 saturated carbocycles. The third-order valence-electron chi connectivity index (χ3n) is 1.32. The summed E-state index contributed by atoms with van der Waals surface area (Å²) in [5.74, 6) is 0.636. The molecule has 82 valence electrons. The molecule has 0 aromatic carbocycles. The second-order valence-corrected chi connectivity index (χ2v) is 3.96. The van der Waals surface area contributed by atoms with Crippen LogP contribution in [0.25, 0.3) is 0 Å². The van der Waals surface area contributed by atoms with E-state index in [1.165, 1.54) is 0 Å². The van der Waals surface area contributed by atoms with Crippen LogP contribution in [-0.4, -0.2) is 28.0 Å². The number of aromatic nitrogens is 2. The van der Waals surface area contributed by atoms with E-state index in [2.05, 4.69) is 48.2 Å². The zero-order valence-corrected chi connectivity index (χ0v) is 10.8. The molecule has 1 amide bonds. The average molecular weight is 340 g/mol. The van der Waals surface area contributed by atoms with Crippen molar-refractivity contribution in [3.8, 4) is 0 Å². The molecule has 6 nitrogen and oxygen atoms in total. The molecule has 1 heterocycles. The van der Waals surface area contributed by atoms with E-state index in [1.807, 2.05) is 0 Å². The van der Waals surface area contributed by atoms with Crippen LogP contribution < -0.4 is 10.6 Å². The first-order chi connectivity index (χ1) is 7.13. The molecule has 0 unspecified atom stereocenters. The van der Waals surface area contributed by atoms with Crippen LogP contribution in [0.2, 0.25) is 0 Å². The number of ether oxygens (including phenoxy) is 1. The van der Waals surface area contributed by atoms with Crippen LogP contribution >= 0.6 is 34.8 Å². The van der Waals surface area contributed by atoms with Crippen molar-refractivity contribution in [3.05, 3.63) is 9.77 Å². The molecule has 0 radical (unpaired) electrons. The van der Waals surface area contributed by atoms with E-state index in [0.29, 0.717) is 12.4 Å². The lowest BCUT2D eigenvalue weighted by molar-refractivity contribution is 0.158. The highest BCUT2D eigenvalue weighted by atomic mass is 127. The van der Waals surface area contributed by atoms with Crippen LogP contribution in [0.1, 0.15) is 6.92 Å². The second kappa shape index (κ2) is 5.85. The van der Waals surface area contributed by atoms with Crippen molar-refractivity contribution in [2.45, 2.75) is 6.92 Å². The third-order valence-corrected chi connectivity index (χ3v) is 2.34. The Balaban J connectivity index is 2.43. The van der Waals surface area contributed by atoms with Crippen LogP contribution in [0.5, 0.6) is 0 Å². The lowest BCUT2D eigenvalue weighted by atomic mass is 10.6. The van der Waals surface area contributed by atoms with E-state index in [1.54, 1.807) is 13.1 Å². The molecule has 0 spiro atoms.